The van der Waals surface area contributed by atoms with Crippen molar-refractivity contribution < 1.29 is 23.4 Å². The fourth-order valence-corrected chi connectivity index (χ4v) is 4.16. The van der Waals surface area contributed by atoms with Crippen molar-refractivity contribution in [1.29, 1.82) is 0 Å². The van der Waals surface area contributed by atoms with Gasteiger partial charge in [-0.1, -0.05) is 12.1 Å². The van der Waals surface area contributed by atoms with Crippen molar-refractivity contribution in [3.63, 3.8) is 0 Å². The Balaban J connectivity index is 1.51. The van der Waals surface area contributed by atoms with E-state index in [1.54, 1.807) is 19.4 Å². The minimum Gasteiger partial charge on any atom is -0.496 e. The van der Waals surface area contributed by atoms with E-state index in [0.29, 0.717) is 31.3 Å². The van der Waals surface area contributed by atoms with Gasteiger partial charge in [0.2, 0.25) is 5.91 Å². The molecule has 0 spiro atoms. The van der Waals surface area contributed by atoms with Crippen LogP contribution in [0, 0.1) is 0 Å². The molecule has 0 radical (unpaired) electrons. The van der Waals surface area contributed by atoms with Crippen molar-refractivity contribution in [2.24, 2.45) is 0 Å². The molecule has 2 aromatic carbocycles. The molecule has 164 valence electrons. The molecule has 1 amide bonds. The number of aromatic nitrogens is 1. The number of amides is 1. The summed E-state index contributed by atoms with van der Waals surface area (Å²) < 4.78 is 22.4. The molecule has 0 saturated heterocycles. The lowest BCUT2D eigenvalue weighted by Gasteiger charge is -2.22. The molecule has 32 heavy (non-hydrogen) atoms. The van der Waals surface area contributed by atoms with Gasteiger partial charge in [-0.15, -0.1) is 0 Å². The van der Waals surface area contributed by atoms with E-state index >= 15 is 0 Å². The van der Waals surface area contributed by atoms with Gasteiger partial charge in [0.05, 0.1) is 19.9 Å². The molecule has 1 atom stereocenters. The van der Waals surface area contributed by atoms with Crippen molar-refractivity contribution >= 4 is 16.8 Å². The van der Waals surface area contributed by atoms with Crippen LogP contribution in [0.25, 0.3) is 10.9 Å². The second-order valence-corrected chi connectivity index (χ2v) is 7.64. The molecule has 0 aliphatic carbocycles. The first-order chi connectivity index (χ1) is 15.7. The number of fused-ring (bicyclic) bond motifs is 2. The zero-order chi connectivity index (χ0) is 21.9. The summed E-state index contributed by atoms with van der Waals surface area (Å²) in [5, 5.41) is 3.92. The first kappa shape index (κ1) is 20.1. The Morgan fingerprint density at radius 2 is 2.00 bits per heavy atom. The Kier molecular flexibility index (Phi) is 5.46. The molecule has 2 aromatic heterocycles. The minimum absolute atomic E-state index is 0.0782. The average molecular weight is 432 g/mol. The summed E-state index contributed by atoms with van der Waals surface area (Å²) in [5.74, 6) is 2.59. The molecule has 0 bridgehead atoms. The standard InChI is InChI=1S/C25H24N2O5/c1-29-22-6-2-5-20-25(22)19(15-26-20)18(13-24(28)27-14-17-4-3-9-30-17)16-7-8-21-23(12-16)32-11-10-31-21/h2-9,12,15,18,26H,10-11,13-14H2,1H3,(H,27,28)/t18-/m0/s1. The Labute approximate surface area is 185 Å². The Morgan fingerprint density at radius 3 is 2.81 bits per heavy atom. The van der Waals surface area contributed by atoms with Crippen LogP contribution in [0.1, 0.15) is 29.2 Å². The zero-order valence-corrected chi connectivity index (χ0v) is 17.7. The van der Waals surface area contributed by atoms with Crippen molar-refractivity contribution in [2.45, 2.75) is 18.9 Å². The summed E-state index contributed by atoms with van der Waals surface area (Å²) >= 11 is 0. The van der Waals surface area contributed by atoms with Gasteiger partial charge in [0.1, 0.15) is 24.7 Å². The summed E-state index contributed by atoms with van der Waals surface area (Å²) in [4.78, 5) is 16.3. The van der Waals surface area contributed by atoms with Crippen LogP contribution in [0.3, 0.4) is 0 Å². The van der Waals surface area contributed by atoms with Gasteiger partial charge < -0.3 is 28.9 Å². The molecule has 3 heterocycles. The number of methoxy groups -OCH3 is 1. The highest BCUT2D eigenvalue weighted by atomic mass is 16.6. The molecule has 5 rings (SSSR count). The number of rotatable bonds is 7. The van der Waals surface area contributed by atoms with Crippen LogP contribution in [-0.2, 0) is 11.3 Å². The molecular formula is C25H24N2O5. The largest absolute Gasteiger partial charge is 0.496 e. The highest BCUT2D eigenvalue weighted by Gasteiger charge is 2.25. The Hall–Kier alpha value is -3.87. The fraction of sp³-hybridized carbons (Fsp3) is 0.240. The number of furan rings is 1. The first-order valence-corrected chi connectivity index (χ1v) is 10.6. The summed E-state index contributed by atoms with van der Waals surface area (Å²) in [6.07, 6.45) is 3.80. The molecule has 7 nitrogen and oxygen atoms in total. The van der Waals surface area contributed by atoms with E-state index in [2.05, 4.69) is 10.3 Å². The second kappa shape index (κ2) is 8.70. The second-order valence-electron chi connectivity index (χ2n) is 7.64. The third-order valence-corrected chi connectivity index (χ3v) is 5.69. The van der Waals surface area contributed by atoms with Gasteiger partial charge in [-0.05, 0) is 47.5 Å². The van der Waals surface area contributed by atoms with E-state index in [-0.39, 0.29) is 18.2 Å². The van der Waals surface area contributed by atoms with Crippen LogP contribution in [-0.4, -0.2) is 31.2 Å². The van der Waals surface area contributed by atoms with E-state index in [1.165, 1.54) is 0 Å². The topological polar surface area (TPSA) is 85.7 Å². The highest BCUT2D eigenvalue weighted by molar-refractivity contribution is 5.91. The number of hydrogen-bond donors (Lipinski definition) is 2. The van der Waals surface area contributed by atoms with Crippen molar-refractivity contribution in [2.75, 3.05) is 20.3 Å². The lowest BCUT2D eigenvalue weighted by atomic mass is 9.87. The monoisotopic (exact) mass is 432 g/mol. The number of carbonyl (C=O) groups is 1. The van der Waals surface area contributed by atoms with E-state index in [0.717, 1.165) is 33.5 Å². The molecular weight excluding hydrogens is 408 g/mol. The molecule has 1 aliphatic heterocycles. The zero-order valence-electron chi connectivity index (χ0n) is 17.7. The summed E-state index contributed by atoms with van der Waals surface area (Å²) in [6, 6.07) is 15.4. The number of nitrogens with one attached hydrogen (secondary N) is 2. The average Bonchev–Trinajstić information content (AvgIpc) is 3.51. The first-order valence-electron chi connectivity index (χ1n) is 10.6. The van der Waals surface area contributed by atoms with Crippen LogP contribution in [0.2, 0.25) is 0 Å². The summed E-state index contributed by atoms with van der Waals surface area (Å²) in [6.45, 7) is 1.38. The van der Waals surface area contributed by atoms with Crippen LogP contribution in [0.5, 0.6) is 17.2 Å². The molecule has 7 heteroatoms. The van der Waals surface area contributed by atoms with Gasteiger partial charge in [0.25, 0.3) is 0 Å². The molecule has 0 fully saturated rings. The van der Waals surface area contributed by atoms with Crippen LogP contribution in [0.15, 0.2) is 65.4 Å². The van der Waals surface area contributed by atoms with E-state index in [1.807, 2.05) is 48.7 Å². The number of carbonyl (C=O) groups excluding carboxylic acids is 1. The summed E-state index contributed by atoms with van der Waals surface area (Å²) in [5.41, 5.74) is 2.91. The lowest BCUT2D eigenvalue weighted by molar-refractivity contribution is -0.121. The van der Waals surface area contributed by atoms with Crippen LogP contribution < -0.4 is 19.5 Å². The molecule has 2 N–H and O–H groups in total. The lowest BCUT2D eigenvalue weighted by Crippen LogP contribution is -2.25. The molecule has 0 saturated carbocycles. The van der Waals surface area contributed by atoms with Gasteiger partial charge in [0, 0.05) is 29.4 Å². The van der Waals surface area contributed by atoms with E-state index in [4.69, 9.17) is 18.6 Å². The fourth-order valence-electron chi connectivity index (χ4n) is 4.16. The Bertz CT molecular complexity index is 1230. The SMILES string of the molecule is COc1cccc2[nH]cc([C@@H](CC(=O)NCc3ccco3)c3ccc4c(c3)OCCO4)c12. The molecule has 0 unspecified atom stereocenters. The van der Waals surface area contributed by atoms with Gasteiger partial charge in [0.15, 0.2) is 11.5 Å². The Morgan fingerprint density at radius 1 is 1.12 bits per heavy atom. The maximum Gasteiger partial charge on any atom is 0.221 e. The third-order valence-electron chi connectivity index (χ3n) is 5.69. The van der Waals surface area contributed by atoms with Gasteiger partial charge in [-0.3, -0.25) is 4.79 Å². The number of aromatic amines is 1. The predicted octanol–water partition coefficient (Wildman–Crippen LogP) is 4.38. The smallest absolute Gasteiger partial charge is 0.221 e. The van der Waals surface area contributed by atoms with Gasteiger partial charge >= 0.3 is 0 Å². The van der Waals surface area contributed by atoms with E-state index in [9.17, 15) is 4.79 Å². The minimum atomic E-state index is -0.215. The normalized spacial score (nSPS) is 13.7. The highest BCUT2D eigenvalue weighted by Crippen LogP contribution is 2.41. The van der Waals surface area contributed by atoms with E-state index < -0.39 is 0 Å². The van der Waals surface area contributed by atoms with Crippen molar-refractivity contribution in [3.05, 3.63) is 77.9 Å². The number of ether oxygens (including phenoxy) is 3. The third kappa shape index (κ3) is 3.89. The maximum atomic E-state index is 12.9. The van der Waals surface area contributed by atoms with Gasteiger partial charge in [-0.2, -0.15) is 0 Å². The summed E-state index contributed by atoms with van der Waals surface area (Å²) in [7, 11) is 1.65. The van der Waals surface area contributed by atoms with Gasteiger partial charge in [-0.25, -0.2) is 0 Å². The molecule has 1 aliphatic rings. The number of hydrogen-bond acceptors (Lipinski definition) is 5. The van der Waals surface area contributed by atoms with Crippen molar-refractivity contribution in [1.82, 2.24) is 10.3 Å². The maximum absolute atomic E-state index is 12.9. The van der Waals surface area contributed by atoms with Crippen LogP contribution in [0.4, 0.5) is 0 Å². The quantitative estimate of drug-likeness (QED) is 0.453. The number of H-pyrrole nitrogens is 1. The molecule has 4 aromatic rings. The van der Waals surface area contributed by atoms with Crippen molar-refractivity contribution in [3.8, 4) is 17.2 Å². The number of benzene rings is 2. The van der Waals surface area contributed by atoms with Crippen LogP contribution >= 0.6 is 0 Å². The predicted molar refractivity (Wildman–Crippen MR) is 119 cm³/mol.